The Bertz CT molecular complexity index is 138. The molecular formula is C7H10BrClO. The third-order valence-corrected chi connectivity index (χ3v) is 2.97. The fraction of sp³-hybridized carbons (Fsp3) is 0.714. The molecule has 0 saturated carbocycles. The standard InChI is InChI=1S/C7H10BrClO/c8-6-3-1-5(9)2-4-7(6)10/h2,4-7,10H,1,3H2/t5-,6-,7?/m0/s1. The van der Waals surface area contributed by atoms with Gasteiger partial charge in [0.1, 0.15) is 0 Å². The minimum absolute atomic E-state index is 0.0946. The molecule has 1 nitrogen and oxygen atoms in total. The van der Waals surface area contributed by atoms with Crippen LogP contribution in [0.3, 0.4) is 0 Å². The van der Waals surface area contributed by atoms with Crippen molar-refractivity contribution in [3.8, 4) is 0 Å². The van der Waals surface area contributed by atoms with Crippen LogP contribution in [0.15, 0.2) is 12.2 Å². The smallest absolute Gasteiger partial charge is 0.0846 e. The van der Waals surface area contributed by atoms with Gasteiger partial charge < -0.3 is 5.11 Å². The first-order chi connectivity index (χ1) is 4.70. The van der Waals surface area contributed by atoms with Crippen LogP contribution in [0.4, 0.5) is 0 Å². The van der Waals surface area contributed by atoms with Crippen LogP contribution in [0.25, 0.3) is 0 Å². The van der Waals surface area contributed by atoms with Gasteiger partial charge in [0.15, 0.2) is 0 Å². The molecule has 0 aromatic carbocycles. The molecule has 0 aromatic rings. The third-order valence-electron chi connectivity index (χ3n) is 1.61. The third kappa shape index (κ3) is 2.26. The van der Waals surface area contributed by atoms with Gasteiger partial charge in [-0.25, -0.2) is 0 Å². The molecule has 0 spiro atoms. The second-order valence-corrected chi connectivity index (χ2v) is 4.22. The number of alkyl halides is 2. The minimum Gasteiger partial charge on any atom is -0.388 e. The summed E-state index contributed by atoms with van der Waals surface area (Å²) in [5, 5.41) is 9.38. The second kappa shape index (κ2) is 3.74. The normalized spacial score (nSPS) is 41.3. The molecule has 0 bridgehead atoms. The van der Waals surface area contributed by atoms with Crippen molar-refractivity contribution in [1.29, 1.82) is 0 Å². The van der Waals surface area contributed by atoms with Crippen molar-refractivity contribution in [2.75, 3.05) is 0 Å². The van der Waals surface area contributed by atoms with E-state index in [0.717, 1.165) is 12.8 Å². The zero-order valence-electron chi connectivity index (χ0n) is 5.50. The van der Waals surface area contributed by atoms with Gasteiger partial charge in [0.25, 0.3) is 0 Å². The molecule has 58 valence electrons. The monoisotopic (exact) mass is 224 g/mol. The Morgan fingerprint density at radius 1 is 1.40 bits per heavy atom. The van der Waals surface area contributed by atoms with Gasteiger partial charge in [-0.1, -0.05) is 28.1 Å². The van der Waals surface area contributed by atoms with E-state index >= 15 is 0 Å². The summed E-state index contributed by atoms with van der Waals surface area (Å²) >= 11 is 9.20. The number of rotatable bonds is 0. The van der Waals surface area contributed by atoms with E-state index in [1.165, 1.54) is 0 Å². The lowest BCUT2D eigenvalue weighted by Crippen LogP contribution is -2.15. The van der Waals surface area contributed by atoms with E-state index in [0.29, 0.717) is 0 Å². The Kier molecular flexibility index (Phi) is 3.21. The molecule has 0 aliphatic heterocycles. The van der Waals surface area contributed by atoms with Gasteiger partial charge >= 0.3 is 0 Å². The van der Waals surface area contributed by atoms with Gasteiger partial charge in [0, 0.05) is 4.83 Å². The van der Waals surface area contributed by atoms with E-state index in [9.17, 15) is 5.11 Å². The first-order valence-electron chi connectivity index (χ1n) is 3.34. The molecule has 3 heteroatoms. The molecule has 0 saturated heterocycles. The average Bonchev–Trinajstić information content (AvgIpc) is 2.04. The highest BCUT2D eigenvalue weighted by Gasteiger charge is 2.17. The molecule has 1 aliphatic rings. The van der Waals surface area contributed by atoms with Crippen molar-refractivity contribution in [3.05, 3.63) is 12.2 Å². The van der Waals surface area contributed by atoms with E-state index in [4.69, 9.17) is 11.6 Å². The lowest BCUT2D eigenvalue weighted by atomic mass is 10.2. The molecule has 0 aromatic heterocycles. The van der Waals surface area contributed by atoms with Crippen molar-refractivity contribution >= 4 is 27.5 Å². The zero-order chi connectivity index (χ0) is 7.56. The van der Waals surface area contributed by atoms with Gasteiger partial charge in [-0.2, -0.15) is 0 Å². The van der Waals surface area contributed by atoms with Crippen LogP contribution in [-0.2, 0) is 0 Å². The van der Waals surface area contributed by atoms with E-state index in [-0.39, 0.29) is 16.3 Å². The largest absolute Gasteiger partial charge is 0.388 e. The summed E-state index contributed by atoms with van der Waals surface area (Å²) in [5.41, 5.74) is 0. The molecule has 1 unspecified atom stereocenters. The molecule has 3 atom stereocenters. The molecule has 0 radical (unpaired) electrons. The SMILES string of the molecule is OC1C=C[C@@H](Cl)CC[C@@H]1Br. The minimum atomic E-state index is -0.372. The molecule has 1 aliphatic carbocycles. The maximum Gasteiger partial charge on any atom is 0.0846 e. The van der Waals surface area contributed by atoms with E-state index in [1.807, 2.05) is 6.08 Å². The van der Waals surface area contributed by atoms with Crippen LogP contribution in [0.2, 0.25) is 0 Å². The van der Waals surface area contributed by atoms with Crippen molar-refractivity contribution in [3.63, 3.8) is 0 Å². The second-order valence-electron chi connectivity index (χ2n) is 2.48. The van der Waals surface area contributed by atoms with E-state index in [2.05, 4.69) is 15.9 Å². The van der Waals surface area contributed by atoms with Gasteiger partial charge in [0.2, 0.25) is 0 Å². The van der Waals surface area contributed by atoms with Crippen molar-refractivity contribution in [2.24, 2.45) is 0 Å². The van der Waals surface area contributed by atoms with Crippen molar-refractivity contribution < 1.29 is 5.11 Å². The first-order valence-corrected chi connectivity index (χ1v) is 4.70. The van der Waals surface area contributed by atoms with Gasteiger partial charge in [0.05, 0.1) is 11.5 Å². The van der Waals surface area contributed by atoms with Crippen LogP contribution in [-0.4, -0.2) is 21.4 Å². The maximum atomic E-state index is 9.28. The van der Waals surface area contributed by atoms with Crippen molar-refractivity contribution in [1.82, 2.24) is 0 Å². The summed E-state index contributed by atoms with van der Waals surface area (Å²) in [7, 11) is 0. The summed E-state index contributed by atoms with van der Waals surface area (Å²) in [6, 6.07) is 0. The average molecular weight is 226 g/mol. The van der Waals surface area contributed by atoms with Gasteiger partial charge in [-0.15, -0.1) is 11.6 Å². The number of aliphatic hydroxyl groups is 1. The van der Waals surface area contributed by atoms with E-state index < -0.39 is 0 Å². The Morgan fingerprint density at radius 3 is 2.80 bits per heavy atom. The van der Waals surface area contributed by atoms with Crippen molar-refractivity contribution in [2.45, 2.75) is 29.1 Å². The summed E-state index contributed by atoms with van der Waals surface area (Å²) in [4.78, 5) is 0.174. The number of aliphatic hydroxyl groups excluding tert-OH is 1. The summed E-state index contributed by atoms with van der Waals surface area (Å²) in [6.07, 6.45) is 5.11. The number of hydrogen-bond donors (Lipinski definition) is 1. The lowest BCUT2D eigenvalue weighted by Gasteiger charge is -2.09. The summed E-state index contributed by atoms with van der Waals surface area (Å²) < 4.78 is 0. The molecule has 10 heavy (non-hydrogen) atoms. The summed E-state index contributed by atoms with van der Waals surface area (Å²) in [5.74, 6) is 0. The molecule has 0 amide bonds. The Hall–Kier alpha value is 0.470. The fourth-order valence-corrected chi connectivity index (χ4v) is 1.59. The zero-order valence-corrected chi connectivity index (χ0v) is 7.85. The first kappa shape index (κ1) is 8.57. The number of hydrogen-bond acceptors (Lipinski definition) is 1. The predicted octanol–water partition coefficient (Wildman–Crippen LogP) is 2.07. The lowest BCUT2D eigenvalue weighted by molar-refractivity contribution is 0.219. The molecular weight excluding hydrogens is 215 g/mol. The van der Waals surface area contributed by atoms with Crippen LogP contribution in [0.1, 0.15) is 12.8 Å². The van der Waals surface area contributed by atoms with Crippen LogP contribution in [0, 0.1) is 0 Å². The highest BCUT2D eigenvalue weighted by atomic mass is 79.9. The molecule has 1 N–H and O–H groups in total. The van der Waals surface area contributed by atoms with E-state index in [1.54, 1.807) is 6.08 Å². The van der Waals surface area contributed by atoms with Gasteiger partial charge in [-0.05, 0) is 12.8 Å². The fourth-order valence-electron chi connectivity index (χ4n) is 0.940. The number of halogens is 2. The van der Waals surface area contributed by atoms with Crippen LogP contribution in [0.5, 0.6) is 0 Å². The van der Waals surface area contributed by atoms with Crippen LogP contribution >= 0.6 is 27.5 Å². The highest BCUT2D eigenvalue weighted by molar-refractivity contribution is 9.09. The quantitative estimate of drug-likeness (QED) is 0.494. The number of allylic oxidation sites excluding steroid dienone is 1. The Morgan fingerprint density at radius 2 is 2.10 bits per heavy atom. The topological polar surface area (TPSA) is 20.2 Å². The predicted molar refractivity (Wildman–Crippen MR) is 46.7 cm³/mol. The Balaban J connectivity index is 2.53. The van der Waals surface area contributed by atoms with Crippen LogP contribution < -0.4 is 0 Å². The highest BCUT2D eigenvalue weighted by Crippen LogP contribution is 2.21. The van der Waals surface area contributed by atoms with Gasteiger partial charge in [-0.3, -0.25) is 0 Å². The summed E-state index contributed by atoms with van der Waals surface area (Å²) in [6.45, 7) is 0. The molecule has 0 heterocycles. The molecule has 0 fully saturated rings. The molecule has 1 rings (SSSR count). The maximum absolute atomic E-state index is 9.28. The Labute approximate surface area is 74.2 Å².